The molecule has 2 aromatic rings. The molecule has 0 aliphatic heterocycles. The van der Waals surface area contributed by atoms with Crippen LogP contribution in [0.5, 0.6) is 0 Å². The van der Waals surface area contributed by atoms with Crippen LogP contribution in [0.4, 0.5) is 8.78 Å². The van der Waals surface area contributed by atoms with Crippen LogP contribution in [-0.2, 0) is 4.74 Å². The second kappa shape index (κ2) is 5.49. The van der Waals surface area contributed by atoms with Gasteiger partial charge in [-0.2, -0.15) is 5.26 Å². The van der Waals surface area contributed by atoms with Gasteiger partial charge in [-0.15, -0.1) is 0 Å². The van der Waals surface area contributed by atoms with Crippen molar-refractivity contribution in [2.45, 2.75) is 0 Å². The summed E-state index contributed by atoms with van der Waals surface area (Å²) >= 11 is 0. The lowest BCUT2D eigenvalue weighted by Crippen LogP contribution is -2.10. The highest BCUT2D eigenvalue weighted by Crippen LogP contribution is 2.29. The molecule has 0 heterocycles. The average molecular weight is 273 g/mol. The number of hydrogen-bond donors (Lipinski definition) is 0. The lowest BCUT2D eigenvalue weighted by atomic mass is 9.97. The Morgan fingerprint density at radius 1 is 1.25 bits per heavy atom. The zero-order valence-corrected chi connectivity index (χ0v) is 10.5. The number of hydrogen-bond acceptors (Lipinski definition) is 3. The molecule has 5 heteroatoms. The zero-order chi connectivity index (χ0) is 14.7. The molecule has 0 unspecified atom stereocenters. The second-order valence-electron chi connectivity index (χ2n) is 3.94. The van der Waals surface area contributed by atoms with Gasteiger partial charge >= 0.3 is 5.97 Å². The maximum atomic E-state index is 14.2. The fourth-order valence-corrected chi connectivity index (χ4v) is 1.86. The van der Waals surface area contributed by atoms with Gasteiger partial charge in [0.15, 0.2) is 5.82 Å². The fourth-order valence-electron chi connectivity index (χ4n) is 1.86. The van der Waals surface area contributed by atoms with Crippen molar-refractivity contribution in [3.63, 3.8) is 0 Å². The van der Waals surface area contributed by atoms with E-state index in [9.17, 15) is 13.6 Å². The monoisotopic (exact) mass is 273 g/mol. The van der Waals surface area contributed by atoms with Crippen LogP contribution in [0.2, 0.25) is 0 Å². The van der Waals surface area contributed by atoms with E-state index in [-0.39, 0.29) is 5.56 Å². The summed E-state index contributed by atoms with van der Waals surface area (Å²) in [5.74, 6) is -3.43. The van der Waals surface area contributed by atoms with Crippen LogP contribution in [0, 0.1) is 23.0 Å². The zero-order valence-electron chi connectivity index (χ0n) is 10.5. The average Bonchev–Trinajstić information content (AvgIpc) is 2.47. The minimum atomic E-state index is -1.21. The molecule has 0 bridgehead atoms. The van der Waals surface area contributed by atoms with Gasteiger partial charge in [-0.1, -0.05) is 30.3 Å². The number of halogens is 2. The number of benzene rings is 2. The van der Waals surface area contributed by atoms with Crippen LogP contribution in [0.3, 0.4) is 0 Å². The molecule has 0 aromatic heterocycles. The Kier molecular flexibility index (Phi) is 3.76. The predicted octanol–water partition coefficient (Wildman–Crippen LogP) is 3.29. The number of nitriles is 1. The summed E-state index contributed by atoms with van der Waals surface area (Å²) in [5.41, 5.74) is -0.671. The molecule has 20 heavy (non-hydrogen) atoms. The Labute approximate surface area is 114 Å². The van der Waals surface area contributed by atoms with Crippen molar-refractivity contribution >= 4 is 5.97 Å². The van der Waals surface area contributed by atoms with E-state index in [0.717, 1.165) is 13.2 Å². The highest BCUT2D eigenvalue weighted by molar-refractivity contribution is 5.92. The number of ether oxygens (including phenoxy) is 1. The summed E-state index contributed by atoms with van der Waals surface area (Å²) in [4.78, 5) is 11.4. The highest BCUT2D eigenvalue weighted by atomic mass is 19.1. The van der Waals surface area contributed by atoms with Crippen molar-refractivity contribution in [1.82, 2.24) is 0 Å². The fraction of sp³-hybridized carbons (Fsp3) is 0.0667. The molecule has 0 amide bonds. The quantitative estimate of drug-likeness (QED) is 0.789. The highest BCUT2D eigenvalue weighted by Gasteiger charge is 2.24. The normalized spacial score (nSPS) is 9.90. The molecule has 100 valence electrons. The van der Waals surface area contributed by atoms with E-state index in [1.165, 1.54) is 0 Å². The van der Waals surface area contributed by atoms with Crippen molar-refractivity contribution in [2.75, 3.05) is 7.11 Å². The van der Waals surface area contributed by atoms with E-state index in [1.807, 2.05) is 0 Å². The first-order valence-electron chi connectivity index (χ1n) is 5.66. The van der Waals surface area contributed by atoms with Gasteiger partial charge in [0.1, 0.15) is 17.4 Å². The topological polar surface area (TPSA) is 50.1 Å². The first-order chi connectivity index (χ1) is 9.60. The summed E-state index contributed by atoms with van der Waals surface area (Å²) < 4.78 is 32.4. The lowest BCUT2D eigenvalue weighted by molar-refractivity contribution is 0.0590. The number of methoxy groups -OCH3 is 1. The van der Waals surface area contributed by atoms with Gasteiger partial charge in [0.2, 0.25) is 0 Å². The Hall–Kier alpha value is -2.74. The van der Waals surface area contributed by atoms with Crippen molar-refractivity contribution in [3.8, 4) is 17.2 Å². The Morgan fingerprint density at radius 3 is 2.45 bits per heavy atom. The van der Waals surface area contributed by atoms with Crippen LogP contribution in [0.15, 0.2) is 36.4 Å². The van der Waals surface area contributed by atoms with Crippen molar-refractivity contribution in [1.29, 1.82) is 5.26 Å². The van der Waals surface area contributed by atoms with Crippen LogP contribution in [0.1, 0.15) is 15.9 Å². The Bertz CT molecular complexity index is 706. The number of esters is 1. The summed E-state index contributed by atoms with van der Waals surface area (Å²) in [6, 6.07) is 11.0. The SMILES string of the molecule is COC(=O)c1c(F)cc(-c2ccccc2)c(C#N)c1F. The third-order valence-corrected chi connectivity index (χ3v) is 2.80. The van der Waals surface area contributed by atoms with Crippen LogP contribution < -0.4 is 0 Å². The van der Waals surface area contributed by atoms with Gasteiger partial charge in [0, 0.05) is 5.56 Å². The third kappa shape index (κ3) is 2.24. The molecule has 0 saturated heterocycles. The third-order valence-electron chi connectivity index (χ3n) is 2.80. The molecule has 0 fully saturated rings. The van der Waals surface area contributed by atoms with Crippen molar-refractivity contribution in [3.05, 3.63) is 59.2 Å². The van der Waals surface area contributed by atoms with Crippen molar-refractivity contribution < 1.29 is 18.3 Å². The van der Waals surface area contributed by atoms with E-state index in [4.69, 9.17) is 5.26 Å². The molecule has 3 nitrogen and oxygen atoms in total. The number of carbonyl (C=O) groups excluding carboxylic acids is 1. The van der Waals surface area contributed by atoms with Crippen LogP contribution in [0.25, 0.3) is 11.1 Å². The molecule has 0 spiro atoms. The maximum absolute atomic E-state index is 14.2. The maximum Gasteiger partial charge on any atom is 0.343 e. The first-order valence-corrected chi connectivity index (χ1v) is 5.66. The van der Waals surface area contributed by atoms with E-state index in [2.05, 4.69) is 4.74 Å². The summed E-state index contributed by atoms with van der Waals surface area (Å²) in [7, 11) is 1.01. The second-order valence-corrected chi connectivity index (χ2v) is 3.94. The smallest absolute Gasteiger partial charge is 0.343 e. The van der Waals surface area contributed by atoms with Crippen LogP contribution in [-0.4, -0.2) is 13.1 Å². The Morgan fingerprint density at radius 2 is 1.90 bits per heavy atom. The number of nitrogens with zero attached hydrogens (tertiary/aromatic N) is 1. The molecular weight excluding hydrogens is 264 g/mol. The number of rotatable bonds is 2. The van der Waals surface area contributed by atoms with E-state index in [0.29, 0.717) is 5.56 Å². The molecule has 2 rings (SSSR count). The summed E-state index contributed by atoms with van der Waals surface area (Å²) in [6.45, 7) is 0. The van der Waals surface area contributed by atoms with Gasteiger partial charge in [-0.05, 0) is 11.6 Å². The molecule has 0 aliphatic carbocycles. The number of carbonyl (C=O) groups is 1. The first kappa shape index (κ1) is 13.7. The molecule has 2 aromatic carbocycles. The molecular formula is C15H9F2NO2. The van der Waals surface area contributed by atoms with Gasteiger partial charge in [-0.25, -0.2) is 13.6 Å². The molecule has 0 N–H and O–H groups in total. The predicted molar refractivity (Wildman–Crippen MR) is 67.8 cm³/mol. The van der Waals surface area contributed by atoms with E-state index < -0.39 is 28.7 Å². The Balaban J connectivity index is 2.75. The lowest BCUT2D eigenvalue weighted by Gasteiger charge is -2.09. The summed E-state index contributed by atoms with van der Waals surface area (Å²) in [6.07, 6.45) is 0. The minimum Gasteiger partial charge on any atom is -0.465 e. The molecule has 0 atom stereocenters. The van der Waals surface area contributed by atoms with Gasteiger partial charge in [-0.3, -0.25) is 0 Å². The van der Waals surface area contributed by atoms with E-state index in [1.54, 1.807) is 36.4 Å². The van der Waals surface area contributed by atoms with Gasteiger partial charge < -0.3 is 4.74 Å². The standard InChI is InChI=1S/C15H9F2NO2/c1-20-15(19)13-12(16)7-10(11(8-18)14(13)17)9-5-3-2-4-6-9/h2-7H,1H3. The molecule has 0 aliphatic rings. The molecule has 0 saturated carbocycles. The van der Waals surface area contributed by atoms with Gasteiger partial charge in [0.25, 0.3) is 0 Å². The van der Waals surface area contributed by atoms with Crippen molar-refractivity contribution in [2.24, 2.45) is 0 Å². The summed E-state index contributed by atoms with van der Waals surface area (Å²) in [5, 5.41) is 9.07. The van der Waals surface area contributed by atoms with Crippen LogP contribution >= 0.6 is 0 Å². The van der Waals surface area contributed by atoms with E-state index >= 15 is 0 Å². The molecule has 0 radical (unpaired) electrons. The van der Waals surface area contributed by atoms with Gasteiger partial charge in [0.05, 0.1) is 12.7 Å². The minimum absolute atomic E-state index is 0.0933. The largest absolute Gasteiger partial charge is 0.465 e.